The second-order valence-corrected chi connectivity index (χ2v) is 5.21. The Bertz CT molecular complexity index is 712. The van der Waals surface area contributed by atoms with Gasteiger partial charge in [0.1, 0.15) is 0 Å². The van der Waals surface area contributed by atoms with Crippen molar-refractivity contribution in [2.75, 3.05) is 20.3 Å². The minimum absolute atomic E-state index is 0.190. The van der Waals surface area contributed by atoms with Crippen LogP contribution in [-0.2, 0) is 16.1 Å². The molecule has 122 valence electrons. The van der Waals surface area contributed by atoms with Gasteiger partial charge in [0.05, 0.1) is 6.61 Å². The Morgan fingerprint density at radius 2 is 1.71 bits per heavy atom. The predicted molar refractivity (Wildman–Crippen MR) is 96.2 cm³/mol. The average Bonchev–Trinajstić information content (AvgIpc) is 2.64. The highest BCUT2D eigenvalue weighted by Gasteiger charge is 2.10. The molecular formula is C21H21NO2. The van der Waals surface area contributed by atoms with E-state index >= 15 is 0 Å². The number of hydrogen-bond acceptors (Lipinski definition) is 2. The third-order valence-electron chi connectivity index (χ3n) is 3.35. The summed E-state index contributed by atoms with van der Waals surface area (Å²) in [4.78, 5) is 14.2. The zero-order chi connectivity index (χ0) is 17.0. The number of ether oxygens (including phenoxy) is 1. The highest BCUT2D eigenvalue weighted by Crippen LogP contribution is 2.05. The van der Waals surface area contributed by atoms with E-state index in [1.807, 2.05) is 72.8 Å². The second-order valence-electron chi connectivity index (χ2n) is 5.21. The van der Waals surface area contributed by atoms with Crippen molar-refractivity contribution in [3.63, 3.8) is 0 Å². The maximum absolute atomic E-state index is 12.5. The first-order valence-electron chi connectivity index (χ1n) is 7.83. The Hall–Kier alpha value is -2.83. The number of benzene rings is 2. The van der Waals surface area contributed by atoms with E-state index in [1.54, 1.807) is 12.0 Å². The molecule has 0 saturated heterocycles. The van der Waals surface area contributed by atoms with E-state index in [-0.39, 0.29) is 5.91 Å². The summed E-state index contributed by atoms with van der Waals surface area (Å²) in [6, 6.07) is 19.4. The SMILES string of the molecule is COC/C=C\CN(Cc1ccccc1)C(=O)C#Cc1ccccc1. The third kappa shape index (κ3) is 6.12. The summed E-state index contributed by atoms with van der Waals surface area (Å²) >= 11 is 0. The van der Waals surface area contributed by atoms with Crippen molar-refractivity contribution in [2.24, 2.45) is 0 Å². The third-order valence-corrected chi connectivity index (χ3v) is 3.35. The molecule has 0 heterocycles. The van der Waals surface area contributed by atoms with Gasteiger partial charge in [-0.15, -0.1) is 0 Å². The first-order chi connectivity index (χ1) is 11.8. The number of amides is 1. The summed E-state index contributed by atoms with van der Waals surface area (Å²) in [5.41, 5.74) is 1.91. The topological polar surface area (TPSA) is 29.5 Å². The van der Waals surface area contributed by atoms with Gasteiger partial charge in [0.2, 0.25) is 0 Å². The Labute approximate surface area is 143 Å². The van der Waals surface area contributed by atoms with Crippen molar-refractivity contribution in [3.05, 3.63) is 83.9 Å². The molecule has 0 atom stereocenters. The maximum atomic E-state index is 12.5. The minimum Gasteiger partial charge on any atom is -0.381 e. The number of methoxy groups -OCH3 is 1. The molecule has 3 nitrogen and oxygen atoms in total. The van der Waals surface area contributed by atoms with Crippen LogP contribution in [0.5, 0.6) is 0 Å². The van der Waals surface area contributed by atoms with E-state index in [0.717, 1.165) is 11.1 Å². The average molecular weight is 319 g/mol. The largest absolute Gasteiger partial charge is 0.381 e. The summed E-state index contributed by atoms with van der Waals surface area (Å²) in [5.74, 6) is 5.46. The molecule has 0 unspecified atom stereocenters. The van der Waals surface area contributed by atoms with Crippen molar-refractivity contribution < 1.29 is 9.53 Å². The maximum Gasteiger partial charge on any atom is 0.299 e. The molecule has 3 heteroatoms. The summed E-state index contributed by atoms with van der Waals surface area (Å²) < 4.78 is 4.99. The van der Waals surface area contributed by atoms with Crippen LogP contribution in [0.15, 0.2) is 72.8 Å². The molecule has 0 spiro atoms. The lowest BCUT2D eigenvalue weighted by atomic mass is 10.2. The molecule has 0 aliphatic rings. The van der Waals surface area contributed by atoms with Crippen molar-refractivity contribution in [3.8, 4) is 11.8 Å². The minimum atomic E-state index is -0.190. The zero-order valence-electron chi connectivity index (χ0n) is 13.8. The van der Waals surface area contributed by atoms with Gasteiger partial charge in [-0.3, -0.25) is 4.79 Å². The summed E-state index contributed by atoms with van der Waals surface area (Å²) in [7, 11) is 1.64. The number of rotatable bonds is 6. The van der Waals surface area contributed by atoms with E-state index in [9.17, 15) is 4.79 Å². The van der Waals surface area contributed by atoms with Crippen LogP contribution in [0.1, 0.15) is 11.1 Å². The lowest BCUT2D eigenvalue weighted by Crippen LogP contribution is -2.29. The first-order valence-corrected chi connectivity index (χ1v) is 7.83. The van der Waals surface area contributed by atoms with E-state index in [0.29, 0.717) is 19.7 Å². The van der Waals surface area contributed by atoms with E-state index < -0.39 is 0 Å². The van der Waals surface area contributed by atoms with Crippen molar-refractivity contribution in [1.29, 1.82) is 0 Å². The number of carbonyl (C=O) groups excluding carboxylic acids is 1. The van der Waals surface area contributed by atoms with Crippen molar-refractivity contribution in [1.82, 2.24) is 4.90 Å². The second kappa shape index (κ2) is 10.0. The first kappa shape index (κ1) is 17.5. The molecule has 2 rings (SSSR count). The highest BCUT2D eigenvalue weighted by molar-refractivity contribution is 5.94. The zero-order valence-corrected chi connectivity index (χ0v) is 13.8. The fourth-order valence-electron chi connectivity index (χ4n) is 2.12. The molecule has 0 radical (unpaired) electrons. The summed E-state index contributed by atoms with van der Waals surface area (Å²) in [6.07, 6.45) is 3.82. The normalized spacial score (nSPS) is 10.2. The van der Waals surface area contributed by atoms with Gasteiger partial charge >= 0.3 is 0 Å². The molecule has 0 aromatic heterocycles. The fourth-order valence-corrected chi connectivity index (χ4v) is 2.12. The molecule has 1 amide bonds. The number of nitrogens with zero attached hydrogens (tertiary/aromatic N) is 1. The lowest BCUT2D eigenvalue weighted by Gasteiger charge is -2.18. The Kier molecular flexibility index (Phi) is 7.33. The van der Waals surface area contributed by atoms with E-state index in [4.69, 9.17) is 4.74 Å². The predicted octanol–water partition coefficient (Wildman–Crippen LogP) is 3.27. The van der Waals surface area contributed by atoms with E-state index in [2.05, 4.69) is 11.8 Å². The van der Waals surface area contributed by atoms with Crippen LogP contribution in [0.25, 0.3) is 0 Å². The fraction of sp³-hybridized carbons (Fsp3) is 0.190. The molecule has 2 aromatic rings. The van der Waals surface area contributed by atoms with Crippen LogP contribution in [0.2, 0.25) is 0 Å². The highest BCUT2D eigenvalue weighted by atomic mass is 16.5. The number of carbonyl (C=O) groups is 1. The lowest BCUT2D eigenvalue weighted by molar-refractivity contribution is -0.125. The van der Waals surface area contributed by atoms with Gasteiger partial charge < -0.3 is 9.64 Å². The van der Waals surface area contributed by atoms with Gasteiger partial charge in [-0.05, 0) is 17.7 Å². The van der Waals surface area contributed by atoms with Gasteiger partial charge in [0, 0.05) is 31.7 Å². The number of hydrogen-bond donors (Lipinski definition) is 0. The van der Waals surface area contributed by atoms with E-state index in [1.165, 1.54) is 0 Å². The van der Waals surface area contributed by atoms with Crippen LogP contribution in [0.4, 0.5) is 0 Å². The van der Waals surface area contributed by atoms with Crippen molar-refractivity contribution >= 4 is 5.91 Å². The van der Waals surface area contributed by atoms with Crippen LogP contribution in [-0.4, -0.2) is 31.1 Å². The quantitative estimate of drug-likeness (QED) is 0.604. The standard InChI is InChI=1S/C21H21NO2/c1-24-17-9-8-16-22(18-20-12-6-3-7-13-20)21(23)15-14-19-10-4-2-5-11-19/h2-13H,16-18H2,1H3/b9-8-. The van der Waals surface area contributed by atoms with Gasteiger partial charge in [-0.25, -0.2) is 0 Å². The Balaban J connectivity index is 2.08. The van der Waals surface area contributed by atoms with Crippen LogP contribution >= 0.6 is 0 Å². The van der Waals surface area contributed by atoms with Gasteiger partial charge in [0.25, 0.3) is 5.91 Å². The van der Waals surface area contributed by atoms with Crippen LogP contribution in [0.3, 0.4) is 0 Å². The molecule has 0 fully saturated rings. The van der Waals surface area contributed by atoms with Gasteiger partial charge in [0.15, 0.2) is 0 Å². The molecule has 0 aliphatic carbocycles. The van der Waals surface area contributed by atoms with Crippen LogP contribution in [0, 0.1) is 11.8 Å². The molecule has 0 aliphatic heterocycles. The monoisotopic (exact) mass is 319 g/mol. The molecule has 24 heavy (non-hydrogen) atoms. The molecule has 0 N–H and O–H groups in total. The van der Waals surface area contributed by atoms with Gasteiger partial charge in [-0.1, -0.05) is 66.6 Å². The summed E-state index contributed by atoms with van der Waals surface area (Å²) in [6.45, 7) is 1.56. The Morgan fingerprint density at radius 1 is 1.04 bits per heavy atom. The van der Waals surface area contributed by atoms with Gasteiger partial charge in [-0.2, -0.15) is 0 Å². The smallest absolute Gasteiger partial charge is 0.299 e. The van der Waals surface area contributed by atoms with Crippen LogP contribution < -0.4 is 0 Å². The van der Waals surface area contributed by atoms with Crippen molar-refractivity contribution in [2.45, 2.75) is 6.54 Å². The summed E-state index contributed by atoms with van der Waals surface area (Å²) in [5, 5.41) is 0. The Morgan fingerprint density at radius 3 is 2.38 bits per heavy atom. The molecular weight excluding hydrogens is 298 g/mol. The molecule has 2 aromatic carbocycles. The molecule has 0 bridgehead atoms. The molecule has 0 saturated carbocycles.